The van der Waals surface area contributed by atoms with Crippen molar-refractivity contribution in [2.24, 2.45) is 29.6 Å². The average Bonchev–Trinajstić information content (AvgIpc) is 3.80. The number of Topliss-reactive ketones (excluding diaryl/α,β-unsaturated/α-hetero) is 1. The van der Waals surface area contributed by atoms with Crippen molar-refractivity contribution < 1.29 is 43.3 Å². The summed E-state index contributed by atoms with van der Waals surface area (Å²) in [5.41, 5.74) is -1.86. The standard InChI is InChI=1S/C49H87N5O9/c1-47(2,3)61-44(58)33-52-22-20-51(21-23-53(34-45(59)62-48(4,5)6)25-27-54(26-24-52)35-46(60)63-49(7,8)9)32-42(55)40-15-12-39(31-40)30-38-11-10-37(29-38)28-36-13-16-41(17-14-36)50-19-18-43(56)57/h36-41,50H,10-35H2,1-9H3,(H,56,57). The van der Waals surface area contributed by atoms with Crippen LogP contribution < -0.4 is 5.32 Å². The topological polar surface area (TPSA) is 158 Å². The minimum atomic E-state index is -0.739. The molecule has 1 aliphatic heterocycles. The van der Waals surface area contributed by atoms with Crippen molar-refractivity contribution in [3.05, 3.63) is 0 Å². The maximum absolute atomic E-state index is 14.1. The Morgan fingerprint density at radius 3 is 1.24 bits per heavy atom. The van der Waals surface area contributed by atoms with Crippen LogP contribution >= 0.6 is 0 Å². The van der Waals surface area contributed by atoms with Gasteiger partial charge in [0.15, 0.2) is 0 Å². The van der Waals surface area contributed by atoms with Crippen molar-refractivity contribution in [2.45, 2.75) is 169 Å². The van der Waals surface area contributed by atoms with E-state index in [1.165, 1.54) is 44.9 Å². The van der Waals surface area contributed by atoms with Crippen molar-refractivity contribution in [3.8, 4) is 0 Å². The monoisotopic (exact) mass is 890 g/mol. The predicted octanol–water partition coefficient (Wildman–Crippen LogP) is 6.04. The Morgan fingerprint density at radius 2 is 0.841 bits per heavy atom. The van der Waals surface area contributed by atoms with Crippen LogP contribution in [0.2, 0.25) is 0 Å². The lowest BCUT2D eigenvalue weighted by molar-refractivity contribution is -0.158. The largest absolute Gasteiger partial charge is 0.481 e. The van der Waals surface area contributed by atoms with Gasteiger partial charge in [0.25, 0.3) is 0 Å². The number of carboxylic acid groups (broad SMARTS) is 1. The molecule has 0 amide bonds. The molecule has 4 aliphatic rings. The molecule has 362 valence electrons. The molecule has 3 aliphatic carbocycles. The second-order valence-electron chi connectivity index (χ2n) is 22.5. The molecule has 14 nitrogen and oxygen atoms in total. The summed E-state index contributed by atoms with van der Waals surface area (Å²) in [6.07, 6.45) is 14.5. The van der Waals surface area contributed by atoms with Gasteiger partial charge in [0.2, 0.25) is 0 Å². The Morgan fingerprint density at radius 1 is 0.492 bits per heavy atom. The predicted molar refractivity (Wildman–Crippen MR) is 245 cm³/mol. The Kier molecular flexibility index (Phi) is 20.8. The number of nitrogens with one attached hydrogen (secondary N) is 1. The number of hydrogen-bond acceptors (Lipinski definition) is 13. The van der Waals surface area contributed by atoms with Gasteiger partial charge in [0, 0.05) is 70.9 Å². The highest BCUT2D eigenvalue weighted by Gasteiger charge is 2.36. The van der Waals surface area contributed by atoms with E-state index in [-0.39, 0.29) is 49.9 Å². The first kappa shape index (κ1) is 53.0. The molecule has 4 atom stereocenters. The molecule has 4 fully saturated rings. The highest BCUT2D eigenvalue weighted by molar-refractivity contribution is 5.83. The molecular weight excluding hydrogens is 803 g/mol. The molecule has 1 saturated heterocycles. The minimum absolute atomic E-state index is 0.0602. The molecule has 0 spiro atoms. The lowest BCUT2D eigenvalue weighted by atomic mass is 9.80. The van der Waals surface area contributed by atoms with E-state index in [9.17, 15) is 24.0 Å². The molecule has 0 aromatic carbocycles. The molecule has 4 rings (SSSR count). The zero-order valence-electron chi connectivity index (χ0n) is 40.9. The first-order chi connectivity index (χ1) is 29.5. The molecule has 1 heterocycles. The lowest BCUT2D eigenvalue weighted by Crippen LogP contribution is -2.50. The van der Waals surface area contributed by atoms with Crippen molar-refractivity contribution in [2.75, 3.05) is 85.1 Å². The third-order valence-corrected chi connectivity index (χ3v) is 13.2. The van der Waals surface area contributed by atoms with Gasteiger partial charge in [0.1, 0.15) is 22.6 Å². The number of carboxylic acids is 1. The Bertz CT molecular complexity index is 1420. The zero-order chi connectivity index (χ0) is 46.4. The number of nitrogens with zero attached hydrogens (tertiary/aromatic N) is 4. The number of esters is 3. The van der Waals surface area contributed by atoms with E-state index in [0.717, 1.165) is 49.9 Å². The first-order valence-electron chi connectivity index (χ1n) is 24.5. The van der Waals surface area contributed by atoms with Crippen LogP contribution in [-0.2, 0) is 38.2 Å². The van der Waals surface area contributed by atoms with E-state index in [2.05, 4.69) is 20.0 Å². The summed E-state index contributed by atoms with van der Waals surface area (Å²) in [7, 11) is 0. The smallest absolute Gasteiger partial charge is 0.320 e. The highest BCUT2D eigenvalue weighted by atomic mass is 16.6. The summed E-state index contributed by atoms with van der Waals surface area (Å²) >= 11 is 0. The van der Waals surface area contributed by atoms with E-state index >= 15 is 0 Å². The summed E-state index contributed by atoms with van der Waals surface area (Å²) in [5.74, 6) is 1.62. The van der Waals surface area contributed by atoms with Crippen LogP contribution in [0, 0.1) is 29.6 Å². The molecule has 63 heavy (non-hydrogen) atoms. The van der Waals surface area contributed by atoms with E-state index in [0.29, 0.717) is 83.2 Å². The summed E-state index contributed by atoms with van der Waals surface area (Å²) in [4.78, 5) is 72.7. The van der Waals surface area contributed by atoms with Gasteiger partial charge in [-0.1, -0.05) is 12.8 Å². The van der Waals surface area contributed by atoms with Crippen molar-refractivity contribution in [1.82, 2.24) is 24.9 Å². The van der Waals surface area contributed by atoms with Gasteiger partial charge in [-0.25, -0.2) is 0 Å². The Labute approximate surface area is 380 Å². The lowest BCUT2D eigenvalue weighted by Gasteiger charge is -2.34. The molecule has 2 N–H and O–H groups in total. The molecule has 4 unspecified atom stereocenters. The van der Waals surface area contributed by atoms with Crippen LogP contribution in [0.15, 0.2) is 0 Å². The van der Waals surface area contributed by atoms with Crippen molar-refractivity contribution >= 4 is 29.7 Å². The van der Waals surface area contributed by atoms with Crippen LogP contribution in [-0.4, -0.2) is 162 Å². The van der Waals surface area contributed by atoms with Crippen LogP contribution in [0.25, 0.3) is 0 Å². The summed E-state index contributed by atoms with van der Waals surface area (Å²) in [5, 5.41) is 12.4. The van der Waals surface area contributed by atoms with Crippen LogP contribution in [0.1, 0.15) is 146 Å². The van der Waals surface area contributed by atoms with Gasteiger partial charge in [-0.15, -0.1) is 0 Å². The highest BCUT2D eigenvalue weighted by Crippen LogP contribution is 2.44. The Hall–Kier alpha value is -2.65. The van der Waals surface area contributed by atoms with E-state index in [1.807, 2.05) is 67.2 Å². The fourth-order valence-corrected chi connectivity index (χ4v) is 10.3. The maximum atomic E-state index is 14.1. The first-order valence-corrected chi connectivity index (χ1v) is 24.5. The molecule has 14 heteroatoms. The molecular formula is C49H87N5O9. The van der Waals surface area contributed by atoms with E-state index in [1.54, 1.807) is 0 Å². The van der Waals surface area contributed by atoms with Gasteiger partial charge in [-0.05, 0) is 150 Å². The molecule has 0 aromatic heterocycles. The zero-order valence-corrected chi connectivity index (χ0v) is 40.9. The van der Waals surface area contributed by atoms with Crippen LogP contribution in [0.3, 0.4) is 0 Å². The normalized spacial score (nSPS) is 27.0. The van der Waals surface area contributed by atoms with Crippen molar-refractivity contribution in [3.63, 3.8) is 0 Å². The van der Waals surface area contributed by atoms with E-state index in [4.69, 9.17) is 19.3 Å². The summed E-state index contributed by atoms with van der Waals surface area (Å²) in [6, 6.07) is 0.463. The number of hydrogen-bond donors (Lipinski definition) is 2. The van der Waals surface area contributed by atoms with Gasteiger partial charge < -0.3 is 24.6 Å². The quantitative estimate of drug-likeness (QED) is 0.129. The fraction of sp³-hybridized carbons (Fsp3) is 0.898. The number of rotatable bonds is 17. The van der Waals surface area contributed by atoms with Gasteiger partial charge in [0.05, 0.1) is 32.6 Å². The minimum Gasteiger partial charge on any atom is -0.481 e. The number of aliphatic carboxylic acids is 1. The van der Waals surface area contributed by atoms with E-state index < -0.39 is 22.8 Å². The average molecular weight is 890 g/mol. The second-order valence-corrected chi connectivity index (χ2v) is 22.5. The SMILES string of the molecule is CC(C)(C)OC(=O)CN1CCN(CC(=O)OC(C)(C)C)CCN(CC(=O)C2CCC(CC3CCC(CC4CCC(NCCC(=O)O)CC4)C3)C2)CCN(CC(=O)OC(C)(C)C)CC1. The van der Waals surface area contributed by atoms with Gasteiger partial charge in [-0.3, -0.25) is 43.6 Å². The fourth-order valence-electron chi connectivity index (χ4n) is 10.3. The molecule has 0 bridgehead atoms. The molecule has 0 radical (unpaired) electrons. The maximum Gasteiger partial charge on any atom is 0.320 e. The van der Waals surface area contributed by atoms with Gasteiger partial charge in [-0.2, -0.15) is 0 Å². The Balaban J connectivity index is 1.34. The van der Waals surface area contributed by atoms with Gasteiger partial charge >= 0.3 is 23.9 Å². The molecule has 3 saturated carbocycles. The number of ketones is 1. The third kappa shape index (κ3) is 21.9. The number of carbonyl (C=O) groups is 5. The van der Waals surface area contributed by atoms with Crippen LogP contribution in [0.5, 0.6) is 0 Å². The van der Waals surface area contributed by atoms with Crippen molar-refractivity contribution in [1.29, 1.82) is 0 Å². The number of carbonyl (C=O) groups excluding carboxylic acids is 4. The molecule has 0 aromatic rings. The summed E-state index contributed by atoms with van der Waals surface area (Å²) in [6.45, 7) is 22.2. The second kappa shape index (κ2) is 24.8. The van der Waals surface area contributed by atoms with Crippen LogP contribution in [0.4, 0.5) is 0 Å². The third-order valence-electron chi connectivity index (χ3n) is 13.2. The summed E-state index contributed by atoms with van der Waals surface area (Å²) < 4.78 is 17.1. The number of ether oxygens (including phenoxy) is 3.